The van der Waals surface area contributed by atoms with Gasteiger partial charge in [-0.3, -0.25) is 4.98 Å². The van der Waals surface area contributed by atoms with Crippen molar-refractivity contribution in [1.82, 2.24) is 4.98 Å². The van der Waals surface area contributed by atoms with E-state index in [4.69, 9.17) is 4.74 Å². The molecule has 1 aliphatic rings. The van der Waals surface area contributed by atoms with Crippen molar-refractivity contribution in [3.8, 4) is 0 Å². The van der Waals surface area contributed by atoms with E-state index in [0.29, 0.717) is 5.92 Å². The van der Waals surface area contributed by atoms with E-state index in [0.717, 1.165) is 43.9 Å². The van der Waals surface area contributed by atoms with Crippen LogP contribution in [-0.2, 0) is 4.74 Å². The van der Waals surface area contributed by atoms with Crippen molar-refractivity contribution in [2.24, 2.45) is 5.92 Å². The van der Waals surface area contributed by atoms with Gasteiger partial charge in [-0.25, -0.2) is 0 Å². The summed E-state index contributed by atoms with van der Waals surface area (Å²) in [6.45, 7) is 3.61. The minimum absolute atomic E-state index is 0.428. The van der Waals surface area contributed by atoms with Crippen molar-refractivity contribution < 1.29 is 9.84 Å². The molecule has 0 radical (unpaired) electrons. The van der Waals surface area contributed by atoms with E-state index in [2.05, 4.69) is 4.98 Å². The molecule has 0 aliphatic carbocycles. The molecule has 1 N–H and O–H groups in total. The van der Waals surface area contributed by atoms with Crippen LogP contribution in [0.3, 0.4) is 0 Å². The molecule has 0 amide bonds. The van der Waals surface area contributed by atoms with Gasteiger partial charge in [-0.15, -0.1) is 0 Å². The molecule has 1 aromatic rings. The molecule has 3 nitrogen and oxygen atoms in total. The summed E-state index contributed by atoms with van der Waals surface area (Å²) in [6.07, 6.45) is 2.49. The Labute approximate surface area is 96.5 Å². The highest BCUT2D eigenvalue weighted by Gasteiger charge is 2.19. The first-order chi connectivity index (χ1) is 7.75. The third-order valence-corrected chi connectivity index (χ3v) is 3.15. The zero-order chi connectivity index (χ0) is 11.4. The van der Waals surface area contributed by atoms with Crippen LogP contribution in [0.15, 0.2) is 18.2 Å². The van der Waals surface area contributed by atoms with Crippen LogP contribution in [-0.4, -0.2) is 23.3 Å². The molecule has 2 heterocycles. The van der Waals surface area contributed by atoms with Gasteiger partial charge in [-0.1, -0.05) is 6.07 Å². The maximum atomic E-state index is 10.1. The third kappa shape index (κ3) is 3.03. The summed E-state index contributed by atoms with van der Waals surface area (Å²) in [5.41, 5.74) is 1.76. The number of pyridine rings is 1. The van der Waals surface area contributed by atoms with Crippen molar-refractivity contribution in [1.29, 1.82) is 0 Å². The minimum Gasteiger partial charge on any atom is -0.387 e. The Morgan fingerprint density at radius 1 is 1.44 bits per heavy atom. The predicted octanol–water partition coefficient (Wildman–Crippen LogP) is 2.24. The Morgan fingerprint density at radius 2 is 2.19 bits per heavy atom. The highest BCUT2D eigenvalue weighted by molar-refractivity contribution is 5.12. The van der Waals surface area contributed by atoms with Gasteiger partial charge in [0.1, 0.15) is 0 Å². The Hall–Kier alpha value is -0.930. The fourth-order valence-electron chi connectivity index (χ4n) is 2.17. The van der Waals surface area contributed by atoms with Gasteiger partial charge < -0.3 is 9.84 Å². The molecule has 0 bridgehead atoms. The van der Waals surface area contributed by atoms with Gasteiger partial charge in [0.25, 0.3) is 0 Å². The molecule has 16 heavy (non-hydrogen) atoms. The third-order valence-electron chi connectivity index (χ3n) is 3.15. The number of aliphatic hydroxyl groups is 1. The SMILES string of the molecule is Cc1cccc(C(O)CC2CCOCC2)n1. The van der Waals surface area contributed by atoms with Gasteiger partial charge in [-0.05, 0) is 44.2 Å². The predicted molar refractivity (Wildman–Crippen MR) is 62.1 cm³/mol. The summed E-state index contributed by atoms with van der Waals surface area (Å²) in [7, 11) is 0. The van der Waals surface area contributed by atoms with Gasteiger partial charge in [0.05, 0.1) is 11.8 Å². The molecular formula is C13H19NO2. The number of nitrogens with zero attached hydrogens (tertiary/aromatic N) is 1. The van der Waals surface area contributed by atoms with Crippen LogP contribution in [0.2, 0.25) is 0 Å². The summed E-state index contributed by atoms with van der Waals surface area (Å²) < 4.78 is 5.31. The van der Waals surface area contributed by atoms with Crippen molar-refractivity contribution in [2.45, 2.75) is 32.3 Å². The molecule has 0 spiro atoms. The van der Waals surface area contributed by atoms with Gasteiger partial charge in [0.15, 0.2) is 0 Å². The number of aromatic nitrogens is 1. The smallest absolute Gasteiger partial charge is 0.0962 e. The molecule has 0 saturated carbocycles. The van der Waals surface area contributed by atoms with Gasteiger partial charge >= 0.3 is 0 Å². The van der Waals surface area contributed by atoms with Crippen LogP contribution < -0.4 is 0 Å². The number of aliphatic hydroxyl groups excluding tert-OH is 1. The molecule has 1 aromatic heterocycles. The summed E-state index contributed by atoms with van der Waals surface area (Å²) in [6, 6.07) is 5.80. The molecule has 1 unspecified atom stereocenters. The summed E-state index contributed by atoms with van der Waals surface area (Å²) in [5.74, 6) is 0.575. The Morgan fingerprint density at radius 3 is 2.88 bits per heavy atom. The number of aryl methyl sites for hydroxylation is 1. The Balaban J connectivity index is 1.94. The zero-order valence-electron chi connectivity index (χ0n) is 9.72. The van der Waals surface area contributed by atoms with E-state index >= 15 is 0 Å². The fraction of sp³-hybridized carbons (Fsp3) is 0.615. The van der Waals surface area contributed by atoms with Crippen LogP contribution >= 0.6 is 0 Å². The quantitative estimate of drug-likeness (QED) is 0.851. The lowest BCUT2D eigenvalue weighted by Crippen LogP contribution is -2.18. The lowest BCUT2D eigenvalue weighted by Gasteiger charge is -2.24. The van der Waals surface area contributed by atoms with E-state index < -0.39 is 6.10 Å². The van der Waals surface area contributed by atoms with Crippen LogP contribution in [0, 0.1) is 12.8 Å². The standard InChI is InChI=1S/C13H19NO2/c1-10-3-2-4-12(14-10)13(15)9-11-5-7-16-8-6-11/h2-4,11,13,15H,5-9H2,1H3. The lowest BCUT2D eigenvalue weighted by atomic mass is 9.92. The average molecular weight is 221 g/mol. The zero-order valence-corrected chi connectivity index (χ0v) is 9.72. The molecule has 1 atom stereocenters. The summed E-state index contributed by atoms with van der Waals surface area (Å²) in [4.78, 5) is 4.36. The maximum absolute atomic E-state index is 10.1. The topological polar surface area (TPSA) is 42.4 Å². The molecule has 2 rings (SSSR count). The van der Waals surface area contributed by atoms with Crippen LogP contribution in [0.1, 0.15) is 36.8 Å². The van der Waals surface area contributed by atoms with Crippen LogP contribution in [0.5, 0.6) is 0 Å². The van der Waals surface area contributed by atoms with E-state index in [9.17, 15) is 5.11 Å². The van der Waals surface area contributed by atoms with E-state index in [1.165, 1.54) is 0 Å². The molecule has 1 fully saturated rings. The van der Waals surface area contributed by atoms with Crippen molar-refractivity contribution in [3.05, 3.63) is 29.6 Å². The van der Waals surface area contributed by atoms with Gasteiger partial charge in [0.2, 0.25) is 0 Å². The number of rotatable bonds is 3. The summed E-state index contributed by atoms with van der Waals surface area (Å²) >= 11 is 0. The average Bonchev–Trinajstić information content (AvgIpc) is 2.30. The number of hydrogen-bond donors (Lipinski definition) is 1. The fourth-order valence-corrected chi connectivity index (χ4v) is 2.17. The number of hydrogen-bond acceptors (Lipinski definition) is 3. The molecule has 3 heteroatoms. The highest BCUT2D eigenvalue weighted by atomic mass is 16.5. The highest BCUT2D eigenvalue weighted by Crippen LogP contribution is 2.26. The van der Waals surface area contributed by atoms with Gasteiger partial charge in [-0.2, -0.15) is 0 Å². The van der Waals surface area contributed by atoms with Crippen LogP contribution in [0.4, 0.5) is 0 Å². The monoisotopic (exact) mass is 221 g/mol. The van der Waals surface area contributed by atoms with Crippen molar-refractivity contribution in [2.75, 3.05) is 13.2 Å². The lowest BCUT2D eigenvalue weighted by molar-refractivity contribution is 0.0426. The van der Waals surface area contributed by atoms with Crippen molar-refractivity contribution in [3.63, 3.8) is 0 Å². The number of ether oxygens (including phenoxy) is 1. The normalized spacial score (nSPS) is 19.6. The second kappa shape index (κ2) is 5.41. The minimum atomic E-state index is -0.428. The molecule has 0 aromatic carbocycles. The van der Waals surface area contributed by atoms with E-state index in [1.807, 2.05) is 25.1 Å². The first-order valence-corrected chi connectivity index (χ1v) is 5.95. The summed E-state index contributed by atoms with van der Waals surface area (Å²) in [5, 5.41) is 10.1. The molecule has 88 valence electrons. The van der Waals surface area contributed by atoms with Crippen LogP contribution in [0.25, 0.3) is 0 Å². The van der Waals surface area contributed by atoms with E-state index in [-0.39, 0.29) is 0 Å². The van der Waals surface area contributed by atoms with Crippen molar-refractivity contribution >= 4 is 0 Å². The maximum Gasteiger partial charge on any atom is 0.0962 e. The Bertz CT molecular complexity index is 334. The second-order valence-corrected chi connectivity index (χ2v) is 4.51. The largest absolute Gasteiger partial charge is 0.387 e. The Kier molecular flexibility index (Phi) is 3.91. The van der Waals surface area contributed by atoms with E-state index in [1.54, 1.807) is 0 Å². The molecular weight excluding hydrogens is 202 g/mol. The second-order valence-electron chi connectivity index (χ2n) is 4.51. The molecule has 1 saturated heterocycles. The first-order valence-electron chi connectivity index (χ1n) is 5.95. The first kappa shape index (κ1) is 11.6. The molecule has 1 aliphatic heterocycles. The van der Waals surface area contributed by atoms with Gasteiger partial charge in [0, 0.05) is 18.9 Å².